The quantitative estimate of drug-likeness (QED) is 0.676. The van der Waals surface area contributed by atoms with Crippen LogP contribution in [0.25, 0.3) is 0 Å². The van der Waals surface area contributed by atoms with Crippen LogP contribution in [-0.2, 0) is 6.54 Å². The SMILES string of the molecule is CCC(O)CCCCCn1cncn1. The minimum atomic E-state index is -0.110. The van der Waals surface area contributed by atoms with E-state index in [0.29, 0.717) is 0 Å². The van der Waals surface area contributed by atoms with E-state index >= 15 is 0 Å². The van der Waals surface area contributed by atoms with E-state index in [1.807, 2.05) is 11.6 Å². The molecule has 0 fully saturated rings. The summed E-state index contributed by atoms with van der Waals surface area (Å²) in [5.74, 6) is 0. The van der Waals surface area contributed by atoms with E-state index in [0.717, 1.165) is 38.6 Å². The Hall–Kier alpha value is -0.900. The predicted molar refractivity (Wildman–Crippen MR) is 54.8 cm³/mol. The van der Waals surface area contributed by atoms with Gasteiger partial charge in [0.1, 0.15) is 12.7 Å². The number of aryl methyl sites for hydroxylation is 1. The molecule has 4 nitrogen and oxygen atoms in total. The lowest BCUT2D eigenvalue weighted by Gasteiger charge is -2.06. The summed E-state index contributed by atoms with van der Waals surface area (Å²) in [6, 6.07) is 0. The van der Waals surface area contributed by atoms with Crippen LogP contribution in [0.3, 0.4) is 0 Å². The van der Waals surface area contributed by atoms with E-state index in [9.17, 15) is 5.11 Å². The zero-order valence-electron chi connectivity index (χ0n) is 8.76. The van der Waals surface area contributed by atoms with Crippen molar-refractivity contribution < 1.29 is 5.11 Å². The van der Waals surface area contributed by atoms with E-state index < -0.39 is 0 Å². The molecule has 1 unspecified atom stereocenters. The summed E-state index contributed by atoms with van der Waals surface area (Å²) < 4.78 is 1.84. The molecule has 14 heavy (non-hydrogen) atoms. The molecule has 0 aromatic carbocycles. The molecule has 1 N–H and O–H groups in total. The average molecular weight is 197 g/mol. The van der Waals surface area contributed by atoms with Crippen molar-refractivity contribution in [1.29, 1.82) is 0 Å². The van der Waals surface area contributed by atoms with Crippen molar-refractivity contribution in [1.82, 2.24) is 14.8 Å². The molecule has 0 aliphatic heterocycles. The molecule has 0 saturated heterocycles. The first-order valence-electron chi connectivity index (χ1n) is 5.33. The van der Waals surface area contributed by atoms with Crippen LogP contribution < -0.4 is 0 Å². The van der Waals surface area contributed by atoms with Crippen LogP contribution in [0.2, 0.25) is 0 Å². The van der Waals surface area contributed by atoms with Crippen LogP contribution in [0.15, 0.2) is 12.7 Å². The number of aliphatic hydroxyl groups excluding tert-OH is 1. The van der Waals surface area contributed by atoms with Gasteiger partial charge in [-0.1, -0.05) is 19.8 Å². The number of aliphatic hydroxyl groups is 1. The lowest BCUT2D eigenvalue weighted by atomic mass is 10.1. The molecule has 1 aromatic rings. The summed E-state index contributed by atoms with van der Waals surface area (Å²) in [5.41, 5.74) is 0. The van der Waals surface area contributed by atoms with Crippen molar-refractivity contribution in [2.24, 2.45) is 0 Å². The average Bonchev–Trinajstić information content (AvgIpc) is 2.69. The number of aromatic nitrogens is 3. The lowest BCUT2D eigenvalue weighted by Crippen LogP contribution is -2.04. The fraction of sp³-hybridized carbons (Fsp3) is 0.800. The Bertz CT molecular complexity index is 223. The Labute approximate surface area is 85.0 Å². The Kier molecular flexibility index (Phi) is 5.22. The normalized spacial score (nSPS) is 13.0. The topological polar surface area (TPSA) is 50.9 Å². The van der Waals surface area contributed by atoms with Gasteiger partial charge in [-0.25, -0.2) is 4.98 Å². The summed E-state index contributed by atoms with van der Waals surface area (Å²) in [6.07, 6.45) is 8.33. The van der Waals surface area contributed by atoms with E-state index in [1.165, 1.54) is 0 Å². The molecule has 80 valence electrons. The summed E-state index contributed by atoms with van der Waals surface area (Å²) in [4.78, 5) is 3.87. The van der Waals surface area contributed by atoms with Gasteiger partial charge in [0.15, 0.2) is 0 Å². The summed E-state index contributed by atoms with van der Waals surface area (Å²) in [5, 5.41) is 13.3. The second kappa shape index (κ2) is 6.54. The second-order valence-electron chi connectivity index (χ2n) is 3.57. The standard InChI is InChI=1S/C10H19N3O/c1-2-10(14)6-4-3-5-7-13-9-11-8-12-13/h8-10,14H,2-7H2,1H3. The first kappa shape index (κ1) is 11.2. The summed E-state index contributed by atoms with van der Waals surface area (Å²) in [6.45, 7) is 2.95. The van der Waals surface area contributed by atoms with Crippen LogP contribution in [0.1, 0.15) is 39.0 Å². The number of rotatable bonds is 7. The largest absolute Gasteiger partial charge is 0.393 e. The van der Waals surface area contributed by atoms with E-state index in [1.54, 1.807) is 12.7 Å². The van der Waals surface area contributed by atoms with Crippen molar-refractivity contribution in [3.63, 3.8) is 0 Å². The van der Waals surface area contributed by atoms with Crippen molar-refractivity contribution in [2.75, 3.05) is 0 Å². The first-order valence-corrected chi connectivity index (χ1v) is 5.33. The van der Waals surface area contributed by atoms with E-state index in [4.69, 9.17) is 0 Å². The zero-order valence-corrected chi connectivity index (χ0v) is 8.76. The van der Waals surface area contributed by atoms with Crippen LogP contribution in [0, 0.1) is 0 Å². The van der Waals surface area contributed by atoms with Crippen LogP contribution in [0.4, 0.5) is 0 Å². The third kappa shape index (κ3) is 4.37. The van der Waals surface area contributed by atoms with Gasteiger partial charge in [-0.2, -0.15) is 5.10 Å². The molecule has 0 radical (unpaired) electrons. The molecule has 0 aliphatic rings. The molecule has 0 amide bonds. The number of unbranched alkanes of at least 4 members (excludes halogenated alkanes) is 2. The van der Waals surface area contributed by atoms with Gasteiger partial charge in [-0.3, -0.25) is 4.68 Å². The third-order valence-corrected chi connectivity index (χ3v) is 2.36. The molecular weight excluding hydrogens is 178 g/mol. The monoisotopic (exact) mass is 197 g/mol. The molecule has 1 heterocycles. The molecule has 0 aliphatic carbocycles. The molecular formula is C10H19N3O. The predicted octanol–water partition coefficient (Wildman–Crippen LogP) is 1.61. The molecule has 1 aromatic heterocycles. The molecule has 1 atom stereocenters. The highest BCUT2D eigenvalue weighted by molar-refractivity contribution is 4.57. The summed E-state index contributed by atoms with van der Waals surface area (Å²) in [7, 11) is 0. The van der Waals surface area contributed by atoms with Crippen LogP contribution in [0.5, 0.6) is 0 Å². The fourth-order valence-corrected chi connectivity index (χ4v) is 1.38. The van der Waals surface area contributed by atoms with Gasteiger partial charge in [-0.05, 0) is 19.3 Å². The van der Waals surface area contributed by atoms with Gasteiger partial charge in [-0.15, -0.1) is 0 Å². The van der Waals surface area contributed by atoms with Crippen molar-refractivity contribution in [2.45, 2.75) is 51.7 Å². The molecule has 1 rings (SSSR count). The van der Waals surface area contributed by atoms with Crippen molar-refractivity contribution in [3.8, 4) is 0 Å². The maximum absolute atomic E-state index is 9.31. The highest BCUT2D eigenvalue weighted by Gasteiger charge is 1.99. The Morgan fingerprint density at radius 2 is 2.21 bits per heavy atom. The molecule has 0 saturated carbocycles. The van der Waals surface area contributed by atoms with Gasteiger partial charge >= 0.3 is 0 Å². The van der Waals surface area contributed by atoms with Crippen molar-refractivity contribution in [3.05, 3.63) is 12.7 Å². The minimum Gasteiger partial charge on any atom is -0.393 e. The van der Waals surface area contributed by atoms with Crippen LogP contribution in [-0.4, -0.2) is 26.0 Å². The number of hydrogen-bond donors (Lipinski definition) is 1. The minimum absolute atomic E-state index is 0.110. The number of hydrogen-bond acceptors (Lipinski definition) is 3. The Balaban J connectivity index is 1.95. The van der Waals surface area contributed by atoms with Crippen LogP contribution >= 0.6 is 0 Å². The van der Waals surface area contributed by atoms with Crippen molar-refractivity contribution >= 4 is 0 Å². The first-order chi connectivity index (χ1) is 6.83. The zero-order chi connectivity index (χ0) is 10.2. The van der Waals surface area contributed by atoms with Gasteiger partial charge in [0.2, 0.25) is 0 Å². The second-order valence-corrected chi connectivity index (χ2v) is 3.57. The summed E-state index contributed by atoms with van der Waals surface area (Å²) >= 11 is 0. The van der Waals surface area contributed by atoms with Gasteiger partial charge in [0, 0.05) is 6.54 Å². The Morgan fingerprint density at radius 1 is 1.36 bits per heavy atom. The molecule has 0 spiro atoms. The highest BCUT2D eigenvalue weighted by atomic mass is 16.3. The van der Waals surface area contributed by atoms with Gasteiger partial charge in [0.25, 0.3) is 0 Å². The van der Waals surface area contributed by atoms with E-state index in [-0.39, 0.29) is 6.10 Å². The highest BCUT2D eigenvalue weighted by Crippen LogP contribution is 2.06. The lowest BCUT2D eigenvalue weighted by molar-refractivity contribution is 0.156. The van der Waals surface area contributed by atoms with E-state index in [2.05, 4.69) is 10.1 Å². The number of nitrogens with zero attached hydrogens (tertiary/aromatic N) is 3. The fourth-order valence-electron chi connectivity index (χ4n) is 1.38. The molecule has 4 heteroatoms. The smallest absolute Gasteiger partial charge is 0.137 e. The molecule has 0 bridgehead atoms. The maximum Gasteiger partial charge on any atom is 0.137 e. The third-order valence-electron chi connectivity index (χ3n) is 2.36. The maximum atomic E-state index is 9.31. The Morgan fingerprint density at radius 3 is 2.86 bits per heavy atom. The van der Waals surface area contributed by atoms with Gasteiger partial charge in [0.05, 0.1) is 6.10 Å². The van der Waals surface area contributed by atoms with Gasteiger partial charge < -0.3 is 5.11 Å².